The highest BCUT2D eigenvalue weighted by Gasteiger charge is 2.30. The minimum atomic E-state index is -3.81. The number of nitrogens with one attached hydrogen (secondary N) is 1. The van der Waals surface area contributed by atoms with E-state index in [4.69, 9.17) is 5.11 Å². The molecule has 7 heteroatoms. The molecule has 0 fully saturated rings. The van der Waals surface area contributed by atoms with Crippen molar-refractivity contribution >= 4 is 21.6 Å². The van der Waals surface area contributed by atoms with Gasteiger partial charge in [-0.15, -0.1) is 0 Å². The van der Waals surface area contributed by atoms with Crippen molar-refractivity contribution in [1.29, 1.82) is 0 Å². The molecule has 124 valence electrons. The number of carbonyl (C=O) groups is 2. The molecule has 0 bridgehead atoms. The zero-order valence-corrected chi connectivity index (χ0v) is 13.5. The van der Waals surface area contributed by atoms with Crippen LogP contribution in [0.2, 0.25) is 0 Å². The second-order valence-corrected chi connectivity index (χ2v) is 7.15. The first-order valence-corrected chi connectivity index (χ1v) is 8.87. The molecule has 3 rings (SSSR count). The number of hydrogen-bond donors (Lipinski definition) is 2. The fourth-order valence-electron chi connectivity index (χ4n) is 2.61. The predicted molar refractivity (Wildman–Crippen MR) is 86.6 cm³/mol. The number of rotatable bonds is 5. The van der Waals surface area contributed by atoms with Gasteiger partial charge < -0.3 is 5.11 Å². The van der Waals surface area contributed by atoms with Crippen LogP contribution in [0.15, 0.2) is 47.4 Å². The summed E-state index contributed by atoms with van der Waals surface area (Å²) in [6, 6.07) is 10.4. The van der Waals surface area contributed by atoms with Gasteiger partial charge in [0, 0.05) is 35.4 Å². The summed E-state index contributed by atoms with van der Waals surface area (Å²) in [6.45, 7) is -0.0396. The summed E-state index contributed by atoms with van der Waals surface area (Å²) in [5.41, 5.74) is 0.890. The van der Waals surface area contributed by atoms with Gasteiger partial charge in [-0.05, 0) is 24.6 Å². The molecule has 2 N–H and O–H groups in total. The number of aliphatic hydroxyl groups excluding tert-OH is 1. The van der Waals surface area contributed by atoms with Gasteiger partial charge in [-0.2, -0.15) is 0 Å². The molecule has 0 spiro atoms. The number of ketones is 2. The zero-order chi connectivity index (χ0) is 17.3. The van der Waals surface area contributed by atoms with E-state index in [1.165, 1.54) is 18.2 Å². The van der Waals surface area contributed by atoms with Crippen molar-refractivity contribution in [3.63, 3.8) is 0 Å². The lowest BCUT2D eigenvalue weighted by molar-refractivity contribution is 0.0979. The monoisotopic (exact) mass is 345 g/mol. The van der Waals surface area contributed by atoms with Crippen molar-refractivity contribution in [2.45, 2.75) is 11.3 Å². The molecule has 0 atom stereocenters. The molecule has 2 aromatic rings. The molecule has 1 aliphatic carbocycles. The molecular formula is C17H15NO5S. The molecular weight excluding hydrogens is 330 g/mol. The number of benzene rings is 2. The lowest BCUT2D eigenvalue weighted by Crippen LogP contribution is -2.27. The van der Waals surface area contributed by atoms with E-state index in [9.17, 15) is 18.0 Å². The molecule has 0 radical (unpaired) electrons. The smallest absolute Gasteiger partial charge is 0.240 e. The maximum atomic E-state index is 12.6. The van der Waals surface area contributed by atoms with Crippen LogP contribution in [0.3, 0.4) is 0 Å². The fourth-order valence-corrected chi connectivity index (χ4v) is 3.71. The molecule has 2 aromatic carbocycles. The molecule has 6 nitrogen and oxygen atoms in total. The van der Waals surface area contributed by atoms with Gasteiger partial charge in [0.25, 0.3) is 0 Å². The molecule has 0 aliphatic heterocycles. The van der Waals surface area contributed by atoms with Gasteiger partial charge in [-0.25, -0.2) is 13.1 Å². The largest absolute Gasteiger partial charge is 0.396 e. The van der Waals surface area contributed by atoms with Crippen LogP contribution in [0.25, 0.3) is 0 Å². The lowest BCUT2D eigenvalue weighted by Gasteiger charge is -2.18. The van der Waals surface area contributed by atoms with E-state index in [-0.39, 0.29) is 52.7 Å². The predicted octanol–water partition coefficient (Wildman–Crippen LogP) is 1.12. The van der Waals surface area contributed by atoms with E-state index in [0.717, 1.165) is 0 Å². The normalized spacial score (nSPS) is 13.5. The van der Waals surface area contributed by atoms with E-state index in [2.05, 4.69) is 4.72 Å². The molecule has 0 saturated carbocycles. The van der Waals surface area contributed by atoms with Crippen LogP contribution < -0.4 is 4.72 Å². The van der Waals surface area contributed by atoms with Crippen molar-refractivity contribution in [3.8, 4) is 0 Å². The molecule has 0 unspecified atom stereocenters. The summed E-state index contributed by atoms with van der Waals surface area (Å²) >= 11 is 0. The van der Waals surface area contributed by atoms with Crippen LogP contribution in [0.1, 0.15) is 38.3 Å². The van der Waals surface area contributed by atoms with Gasteiger partial charge in [0.2, 0.25) is 10.0 Å². The Bertz CT molecular complexity index is 934. The summed E-state index contributed by atoms with van der Waals surface area (Å²) in [7, 11) is -3.81. The quantitative estimate of drug-likeness (QED) is 0.675. The number of aliphatic hydroxyl groups is 1. The van der Waals surface area contributed by atoms with Crippen LogP contribution in [0.4, 0.5) is 0 Å². The van der Waals surface area contributed by atoms with Crippen molar-refractivity contribution in [3.05, 3.63) is 64.7 Å². The second kappa shape index (κ2) is 6.27. The molecule has 0 amide bonds. The van der Waals surface area contributed by atoms with Gasteiger partial charge in [0.15, 0.2) is 11.6 Å². The van der Waals surface area contributed by atoms with Gasteiger partial charge in [0.1, 0.15) is 0 Å². The number of carbonyl (C=O) groups excluding carboxylic acids is 2. The maximum absolute atomic E-state index is 12.6. The van der Waals surface area contributed by atoms with Gasteiger partial charge in [-0.3, -0.25) is 9.59 Å². The summed E-state index contributed by atoms with van der Waals surface area (Å²) in [4.78, 5) is 25.0. The van der Waals surface area contributed by atoms with E-state index >= 15 is 0 Å². The van der Waals surface area contributed by atoms with Crippen molar-refractivity contribution in [2.24, 2.45) is 0 Å². The fraction of sp³-hybridized carbons (Fsp3) is 0.176. The summed E-state index contributed by atoms with van der Waals surface area (Å²) in [5.74, 6) is -0.662. The maximum Gasteiger partial charge on any atom is 0.240 e. The van der Waals surface area contributed by atoms with Crippen molar-refractivity contribution < 1.29 is 23.1 Å². The van der Waals surface area contributed by atoms with Crippen LogP contribution in [0.5, 0.6) is 0 Å². The third kappa shape index (κ3) is 2.77. The first-order chi connectivity index (χ1) is 11.5. The molecule has 0 heterocycles. The highest BCUT2D eigenvalue weighted by atomic mass is 32.2. The Hall–Kier alpha value is -2.35. The molecule has 1 aliphatic rings. The van der Waals surface area contributed by atoms with Crippen LogP contribution in [0, 0.1) is 0 Å². The number of sulfonamides is 1. The highest BCUT2D eigenvalue weighted by molar-refractivity contribution is 7.89. The Balaban J connectivity index is 2.03. The first kappa shape index (κ1) is 16.5. The van der Waals surface area contributed by atoms with E-state index in [1.807, 2.05) is 0 Å². The standard InChI is InChI=1S/C17H15NO5S/c19-9-3-8-18-24(22,23)11-6-7-14-15(10-11)17(21)13-5-2-1-4-12(13)16(14)20/h1-2,4-7,10,18-19H,3,8-9H2. The highest BCUT2D eigenvalue weighted by Crippen LogP contribution is 2.28. The van der Waals surface area contributed by atoms with Gasteiger partial charge >= 0.3 is 0 Å². The zero-order valence-electron chi connectivity index (χ0n) is 12.7. The Labute approximate surface area is 139 Å². The summed E-state index contributed by atoms with van der Waals surface area (Å²) in [6.07, 6.45) is 0.287. The topological polar surface area (TPSA) is 101 Å². The number of hydrogen-bond acceptors (Lipinski definition) is 5. The minimum Gasteiger partial charge on any atom is -0.396 e. The summed E-state index contributed by atoms with van der Waals surface area (Å²) < 4.78 is 26.8. The molecule has 0 aromatic heterocycles. The van der Waals surface area contributed by atoms with E-state index in [0.29, 0.717) is 5.56 Å². The molecule has 0 saturated heterocycles. The third-order valence-corrected chi connectivity index (χ3v) is 5.29. The van der Waals surface area contributed by atoms with Crippen LogP contribution >= 0.6 is 0 Å². The Kier molecular flexibility index (Phi) is 4.31. The SMILES string of the molecule is O=C1c2ccccc2C(=O)c2cc(S(=O)(=O)NCCCO)ccc21. The van der Waals surface area contributed by atoms with E-state index in [1.54, 1.807) is 24.3 Å². The van der Waals surface area contributed by atoms with E-state index < -0.39 is 10.0 Å². The Morgan fingerprint density at radius 1 is 0.875 bits per heavy atom. The van der Waals surface area contributed by atoms with Crippen LogP contribution in [-0.4, -0.2) is 38.2 Å². The lowest BCUT2D eigenvalue weighted by atomic mass is 9.84. The average Bonchev–Trinajstić information content (AvgIpc) is 2.59. The van der Waals surface area contributed by atoms with Gasteiger partial charge in [-0.1, -0.05) is 24.3 Å². The van der Waals surface area contributed by atoms with Crippen molar-refractivity contribution in [2.75, 3.05) is 13.2 Å². The minimum absolute atomic E-state index is 0.0836. The summed E-state index contributed by atoms with van der Waals surface area (Å²) in [5, 5.41) is 8.73. The average molecular weight is 345 g/mol. The molecule has 24 heavy (non-hydrogen) atoms. The Morgan fingerprint density at radius 2 is 1.46 bits per heavy atom. The Morgan fingerprint density at radius 3 is 2.08 bits per heavy atom. The third-order valence-electron chi connectivity index (χ3n) is 3.83. The number of fused-ring (bicyclic) bond motifs is 2. The first-order valence-electron chi connectivity index (χ1n) is 7.38. The van der Waals surface area contributed by atoms with Gasteiger partial charge in [0.05, 0.1) is 4.90 Å². The second-order valence-electron chi connectivity index (χ2n) is 5.39. The van der Waals surface area contributed by atoms with Crippen LogP contribution in [-0.2, 0) is 10.0 Å². The van der Waals surface area contributed by atoms with Crippen molar-refractivity contribution in [1.82, 2.24) is 4.72 Å².